The molecule has 5 aromatic rings. The molecule has 9 heteroatoms. The monoisotopic (exact) mass is 430 g/mol. The van der Waals surface area contributed by atoms with Gasteiger partial charge in [0.25, 0.3) is 5.56 Å². The second-order valence-electron chi connectivity index (χ2n) is 7.28. The molecule has 0 N–H and O–H groups in total. The molecule has 0 saturated carbocycles. The van der Waals surface area contributed by atoms with Crippen molar-refractivity contribution >= 4 is 23.0 Å². The van der Waals surface area contributed by atoms with Gasteiger partial charge in [0.05, 0.1) is 6.20 Å². The summed E-state index contributed by atoms with van der Waals surface area (Å²) < 4.78 is 14.6. The number of ether oxygens (including phenoxy) is 1. The van der Waals surface area contributed by atoms with Gasteiger partial charge in [-0.3, -0.25) is 18.6 Å². The maximum absolute atomic E-state index is 13.2. The lowest BCUT2D eigenvalue weighted by Gasteiger charge is -2.08. The first-order chi connectivity index (χ1) is 15.5. The molecule has 2 aromatic carbocycles. The number of nitrogens with zero attached hydrogens (tertiary/aromatic N) is 4. The Balaban J connectivity index is 1.53. The zero-order valence-corrected chi connectivity index (χ0v) is 17.1. The highest BCUT2D eigenvalue weighted by Crippen LogP contribution is 2.24. The Bertz CT molecular complexity index is 1560. The van der Waals surface area contributed by atoms with Crippen LogP contribution in [0.2, 0.25) is 0 Å². The number of aromatic nitrogens is 4. The van der Waals surface area contributed by atoms with Gasteiger partial charge in [-0.25, -0.2) is 9.36 Å². The van der Waals surface area contributed by atoms with E-state index in [1.54, 1.807) is 6.20 Å². The van der Waals surface area contributed by atoms with E-state index in [2.05, 4.69) is 4.98 Å². The van der Waals surface area contributed by atoms with Crippen molar-refractivity contribution in [1.29, 1.82) is 0 Å². The van der Waals surface area contributed by atoms with E-state index in [1.165, 1.54) is 16.0 Å². The molecule has 160 valence electrons. The Labute approximate surface area is 180 Å². The van der Waals surface area contributed by atoms with Crippen molar-refractivity contribution in [2.24, 2.45) is 7.05 Å². The van der Waals surface area contributed by atoms with Crippen LogP contribution in [0.25, 0.3) is 28.3 Å². The Kier molecular flexibility index (Phi) is 4.70. The van der Waals surface area contributed by atoms with Gasteiger partial charge in [-0.05, 0) is 5.56 Å². The molecule has 0 amide bonds. The number of carbonyl (C=O) groups excluding carboxylic acids is 1. The Morgan fingerprint density at radius 1 is 1.03 bits per heavy atom. The molecule has 0 aliphatic heterocycles. The number of fused-ring (bicyclic) bond motifs is 3. The number of hydrogen-bond donors (Lipinski definition) is 0. The molecule has 0 atom stereocenters. The van der Waals surface area contributed by atoms with Crippen molar-refractivity contribution in [1.82, 2.24) is 18.5 Å². The van der Waals surface area contributed by atoms with E-state index < -0.39 is 23.8 Å². The zero-order chi connectivity index (χ0) is 22.2. The summed E-state index contributed by atoms with van der Waals surface area (Å²) >= 11 is 0. The molecule has 0 unspecified atom stereocenters. The van der Waals surface area contributed by atoms with Gasteiger partial charge >= 0.3 is 17.5 Å². The fourth-order valence-electron chi connectivity index (χ4n) is 3.54. The maximum atomic E-state index is 13.2. The topological polar surface area (TPSA) is 101 Å². The highest BCUT2D eigenvalue weighted by molar-refractivity contribution is 5.77. The van der Waals surface area contributed by atoms with Gasteiger partial charge in [-0.1, -0.05) is 60.7 Å². The minimum Gasteiger partial charge on any atom is -0.459 e. The zero-order valence-electron chi connectivity index (χ0n) is 17.1. The van der Waals surface area contributed by atoms with Crippen molar-refractivity contribution in [3.05, 3.63) is 93.3 Å². The Hall–Kier alpha value is -4.40. The van der Waals surface area contributed by atoms with Gasteiger partial charge < -0.3 is 9.15 Å². The maximum Gasteiger partial charge on any atom is 0.333 e. The summed E-state index contributed by atoms with van der Waals surface area (Å²) in [7, 11) is 1.49. The third-order valence-electron chi connectivity index (χ3n) is 5.18. The molecule has 3 aromatic heterocycles. The van der Waals surface area contributed by atoms with Gasteiger partial charge in [-0.15, -0.1) is 0 Å². The van der Waals surface area contributed by atoms with E-state index in [1.807, 2.05) is 60.7 Å². The largest absolute Gasteiger partial charge is 0.459 e. The van der Waals surface area contributed by atoms with E-state index in [-0.39, 0.29) is 23.6 Å². The van der Waals surface area contributed by atoms with Gasteiger partial charge in [0.1, 0.15) is 13.2 Å². The van der Waals surface area contributed by atoms with Crippen molar-refractivity contribution in [3.8, 4) is 11.3 Å². The van der Waals surface area contributed by atoms with Crippen LogP contribution in [-0.2, 0) is 29.7 Å². The SMILES string of the molecule is Cn1c(=O)n(CC(=O)OCc2ccccc2)c(=O)c2c1nc1oc(-c3ccccc3)cn12. The molecular weight excluding hydrogens is 412 g/mol. The molecular formula is C23H18N4O5. The number of carbonyl (C=O) groups is 1. The predicted octanol–water partition coefficient (Wildman–Crippen LogP) is 2.35. The number of rotatable bonds is 5. The van der Waals surface area contributed by atoms with Crippen LogP contribution in [-0.4, -0.2) is 24.5 Å². The first kappa shape index (κ1) is 19.6. The van der Waals surface area contributed by atoms with Crippen molar-refractivity contribution < 1.29 is 13.9 Å². The molecule has 3 heterocycles. The summed E-state index contributed by atoms with van der Waals surface area (Å²) in [4.78, 5) is 42.6. The van der Waals surface area contributed by atoms with Crippen LogP contribution < -0.4 is 11.2 Å². The fourth-order valence-corrected chi connectivity index (χ4v) is 3.54. The lowest BCUT2D eigenvalue weighted by atomic mass is 10.2. The first-order valence-electron chi connectivity index (χ1n) is 9.89. The summed E-state index contributed by atoms with van der Waals surface area (Å²) in [6, 6.07) is 18.5. The summed E-state index contributed by atoms with van der Waals surface area (Å²) in [5, 5.41) is 0. The second-order valence-corrected chi connectivity index (χ2v) is 7.28. The van der Waals surface area contributed by atoms with E-state index >= 15 is 0 Å². The van der Waals surface area contributed by atoms with Crippen molar-refractivity contribution in [2.75, 3.05) is 0 Å². The van der Waals surface area contributed by atoms with Crippen molar-refractivity contribution in [3.63, 3.8) is 0 Å². The standard InChI is InChI=1S/C23H18N4O5/c1-25-20-19(26-12-17(32-22(26)24-20)16-10-6-3-7-11-16)21(29)27(23(25)30)13-18(28)31-14-15-8-4-2-5-9-15/h2-12H,13-14H2,1H3. The van der Waals surface area contributed by atoms with Gasteiger partial charge in [0.2, 0.25) is 0 Å². The number of oxazole rings is 1. The molecule has 9 nitrogen and oxygen atoms in total. The second kappa shape index (κ2) is 7.69. The summed E-state index contributed by atoms with van der Waals surface area (Å²) in [6.07, 6.45) is 1.64. The number of aryl methyl sites for hydroxylation is 1. The van der Waals surface area contributed by atoms with Crippen LogP contribution in [0.5, 0.6) is 0 Å². The molecule has 0 aliphatic rings. The fraction of sp³-hybridized carbons (Fsp3) is 0.130. The van der Waals surface area contributed by atoms with Crippen LogP contribution in [0.4, 0.5) is 0 Å². The van der Waals surface area contributed by atoms with Gasteiger partial charge in [0, 0.05) is 12.6 Å². The average Bonchev–Trinajstić information content (AvgIpc) is 3.39. The quantitative estimate of drug-likeness (QED) is 0.397. The summed E-state index contributed by atoms with van der Waals surface area (Å²) in [5.74, 6) is 0.0118. The van der Waals surface area contributed by atoms with Gasteiger partial charge in [0.15, 0.2) is 16.9 Å². The summed E-state index contributed by atoms with van der Waals surface area (Å²) in [5.41, 5.74) is 0.633. The average molecular weight is 430 g/mol. The third kappa shape index (κ3) is 3.29. The van der Waals surface area contributed by atoms with Gasteiger partial charge in [-0.2, -0.15) is 4.98 Å². The van der Waals surface area contributed by atoms with Crippen LogP contribution in [0.15, 0.2) is 80.9 Å². The van der Waals surface area contributed by atoms with Crippen LogP contribution in [0.3, 0.4) is 0 Å². The normalized spacial score (nSPS) is 11.3. The Morgan fingerprint density at radius 3 is 2.44 bits per heavy atom. The highest BCUT2D eigenvalue weighted by Gasteiger charge is 2.21. The molecule has 0 bridgehead atoms. The van der Waals surface area contributed by atoms with Crippen LogP contribution in [0, 0.1) is 0 Å². The molecule has 0 radical (unpaired) electrons. The molecule has 32 heavy (non-hydrogen) atoms. The minimum absolute atomic E-state index is 0.0517. The minimum atomic E-state index is -0.690. The molecule has 0 saturated heterocycles. The smallest absolute Gasteiger partial charge is 0.333 e. The lowest BCUT2D eigenvalue weighted by Crippen LogP contribution is -2.41. The molecule has 0 fully saturated rings. The predicted molar refractivity (Wildman–Crippen MR) is 116 cm³/mol. The van der Waals surface area contributed by atoms with Crippen LogP contribution in [0.1, 0.15) is 5.56 Å². The number of hydrogen-bond acceptors (Lipinski definition) is 6. The molecule has 5 rings (SSSR count). The summed E-state index contributed by atoms with van der Waals surface area (Å²) in [6.45, 7) is -0.457. The third-order valence-corrected chi connectivity index (χ3v) is 5.18. The number of imidazole rings is 1. The van der Waals surface area contributed by atoms with E-state index in [9.17, 15) is 14.4 Å². The Morgan fingerprint density at radius 2 is 1.72 bits per heavy atom. The van der Waals surface area contributed by atoms with E-state index in [0.717, 1.165) is 15.7 Å². The lowest BCUT2D eigenvalue weighted by molar-refractivity contribution is -0.145. The van der Waals surface area contributed by atoms with E-state index in [0.29, 0.717) is 5.76 Å². The highest BCUT2D eigenvalue weighted by atomic mass is 16.5. The first-order valence-corrected chi connectivity index (χ1v) is 9.89. The molecule has 0 aliphatic carbocycles. The number of esters is 1. The van der Waals surface area contributed by atoms with Crippen molar-refractivity contribution in [2.45, 2.75) is 13.2 Å². The molecule has 0 spiro atoms. The number of benzene rings is 2. The van der Waals surface area contributed by atoms with Crippen LogP contribution >= 0.6 is 0 Å². The van der Waals surface area contributed by atoms with E-state index in [4.69, 9.17) is 9.15 Å².